The number of carbonyl (C=O) groups excluding carboxylic acids is 1. The van der Waals surface area contributed by atoms with Crippen LogP contribution in [0.25, 0.3) is 23.3 Å². The van der Waals surface area contributed by atoms with Gasteiger partial charge in [-0.15, -0.1) is 0 Å². The molecule has 27 heavy (non-hydrogen) atoms. The summed E-state index contributed by atoms with van der Waals surface area (Å²) in [5.41, 5.74) is 2.56. The number of oxazole rings is 1. The molecule has 1 heterocycles. The number of hydrogen-bond donors (Lipinski definition) is 2. The molecular weight excluding hydrogens is 340 g/mol. The van der Waals surface area contributed by atoms with Crippen LogP contribution in [-0.2, 0) is 11.2 Å². The van der Waals surface area contributed by atoms with Crippen molar-refractivity contribution < 1.29 is 14.3 Å². The second kappa shape index (κ2) is 7.66. The van der Waals surface area contributed by atoms with Gasteiger partial charge >= 0.3 is 0 Å². The predicted molar refractivity (Wildman–Crippen MR) is 107 cm³/mol. The van der Waals surface area contributed by atoms with E-state index in [9.17, 15) is 9.90 Å². The minimum absolute atomic E-state index is 0.0159. The van der Waals surface area contributed by atoms with Crippen molar-refractivity contribution in [3.63, 3.8) is 0 Å². The Labute approximate surface area is 158 Å². The molecule has 0 unspecified atom stereocenters. The highest BCUT2D eigenvalue weighted by Crippen LogP contribution is 2.26. The number of fused-ring (bicyclic) bond motifs is 1. The Morgan fingerprint density at radius 2 is 1.93 bits per heavy atom. The van der Waals surface area contributed by atoms with Gasteiger partial charge in [-0.2, -0.15) is 0 Å². The minimum atomic E-state index is -0.432. The van der Waals surface area contributed by atoms with E-state index in [0.29, 0.717) is 30.0 Å². The molecule has 1 amide bonds. The summed E-state index contributed by atoms with van der Waals surface area (Å²) in [5, 5.41) is 13.1. The normalized spacial score (nSPS) is 12.0. The number of amides is 1. The zero-order valence-corrected chi connectivity index (χ0v) is 15.8. The number of nitrogens with zero attached hydrogens (tertiary/aromatic N) is 1. The van der Waals surface area contributed by atoms with Gasteiger partial charge in [-0.1, -0.05) is 51.1 Å². The molecule has 140 valence electrons. The van der Waals surface area contributed by atoms with E-state index in [0.717, 1.165) is 11.1 Å². The number of phenols is 1. The highest BCUT2D eigenvalue weighted by molar-refractivity contribution is 5.81. The Morgan fingerprint density at radius 3 is 2.63 bits per heavy atom. The van der Waals surface area contributed by atoms with E-state index in [-0.39, 0.29) is 11.7 Å². The Hall–Kier alpha value is -3.08. The van der Waals surface area contributed by atoms with Gasteiger partial charge in [0.25, 0.3) is 0 Å². The molecule has 0 aliphatic heterocycles. The second-order valence-corrected chi connectivity index (χ2v) is 7.50. The molecule has 3 aromatic rings. The maximum Gasteiger partial charge on any atom is 0.225 e. The van der Waals surface area contributed by atoms with Crippen molar-refractivity contribution in [3.8, 4) is 5.75 Å². The van der Waals surface area contributed by atoms with Gasteiger partial charge in [0.2, 0.25) is 11.8 Å². The maximum absolute atomic E-state index is 11.9. The Balaban J connectivity index is 1.72. The van der Waals surface area contributed by atoms with Crippen molar-refractivity contribution in [2.24, 2.45) is 5.41 Å². The molecule has 3 rings (SSSR count). The van der Waals surface area contributed by atoms with Gasteiger partial charge in [0.1, 0.15) is 11.3 Å². The summed E-state index contributed by atoms with van der Waals surface area (Å²) in [6.45, 7) is 6.05. The molecule has 0 aliphatic rings. The van der Waals surface area contributed by atoms with E-state index >= 15 is 0 Å². The third kappa shape index (κ3) is 4.76. The lowest BCUT2D eigenvalue weighted by Crippen LogP contribution is -2.35. The third-order valence-electron chi connectivity index (χ3n) is 4.18. The van der Waals surface area contributed by atoms with Gasteiger partial charge in [-0.25, -0.2) is 4.98 Å². The molecule has 0 aliphatic carbocycles. The summed E-state index contributed by atoms with van der Waals surface area (Å²) in [6, 6.07) is 13.3. The summed E-state index contributed by atoms with van der Waals surface area (Å²) in [4.78, 5) is 16.4. The molecule has 0 spiro atoms. The van der Waals surface area contributed by atoms with E-state index in [4.69, 9.17) is 4.42 Å². The van der Waals surface area contributed by atoms with E-state index in [2.05, 4.69) is 10.3 Å². The highest BCUT2D eigenvalue weighted by atomic mass is 16.3. The number of phenolic OH excluding ortho intramolecular Hbond substituents is 1. The Kier molecular flexibility index (Phi) is 5.31. The van der Waals surface area contributed by atoms with Crippen LogP contribution < -0.4 is 5.32 Å². The van der Waals surface area contributed by atoms with Crippen molar-refractivity contribution in [2.45, 2.75) is 27.2 Å². The first-order valence-electron chi connectivity index (χ1n) is 8.97. The highest BCUT2D eigenvalue weighted by Gasteiger charge is 2.20. The van der Waals surface area contributed by atoms with Gasteiger partial charge in [0.15, 0.2) is 5.58 Å². The molecule has 0 radical (unpaired) electrons. The zero-order chi connectivity index (χ0) is 19.4. The zero-order valence-electron chi connectivity index (χ0n) is 15.8. The number of aromatic nitrogens is 1. The van der Waals surface area contributed by atoms with Crippen molar-refractivity contribution in [1.82, 2.24) is 10.3 Å². The number of hydrogen-bond acceptors (Lipinski definition) is 4. The molecule has 2 aromatic carbocycles. The molecule has 1 aromatic heterocycles. The van der Waals surface area contributed by atoms with Crippen LogP contribution in [-0.4, -0.2) is 22.5 Å². The fourth-order valence-corrected chi connectivity index (χ4v) is 2.60. The number of nitrogens with one attached hydrogen (secondary N) is 1. The monoisotopic (exact) mass is 364 g/mol. The molecule has 0 saturated heterocycles. The topological polar surface area (TPSA) is 75.4 Å². The molecule has 5 nitrogen and oxygen atoms in total. The molecule has 0 fully saturated rings. The van der Waals surface area contributed by atoms with Crippen LogP contribution in [0.2, 0.25) is 0 Å². The smallest absolute Gasteiger partial charge is 0.225 e. The van der Waals surface area contributed by atoms with Crippen LogP contribution in [0, 0.1) is 5.41 Å². The summed E-state index contributed by atoms with van der Waals surface area (Å²) in [6.07, 6.45) is 4.24. The fraction of sp³-hybridized carbons (Fsp3) is 0.273. The maximum atomic E-state index is 11.9. The van der Waals surface area contributed by atoms with Crippen molar-refractivity contribution >= 4 is 29.2 Å². The molecule has 0 bridgehead atoms. The lowest BCUT2D eigenvalue weighted by atomic mass is 9.95. The lowest BCUT2D eigenvalue weighted by Gasteiger charge is -2.17. The van der Waals surface area contributed by atoms with Crippen LogP contribution in [0.15, 0.2) is 46.9 Å². The molecule has 0 saturated carbocycles. The summed E-state index contributed by atoms with van der Waals surface area (Å²) in [5.74, 6) is 0.603. The average Bonchev–Trinajstić information content (AvgIpc) is 3.01. The van der Waals surface area contributed by atoms with Crippen LogP contribution in [0.4, 0.5) is 0 Å². The first kappa shape index (κ1) is 18.7. The first-order valence-corrected chi connectivity index (χ1v) is 8.97. The molecular formula is C22H24N2O3. The van der Waals surface area contributed by atoms with E-state index in [1.807, 2.05) is 57.2 Å². The first-order chi connectivity index (χ1) is 12.8. The van der Waals surface area contributed by atoms with Crippen LogP contribution >= 0.6 is 0 Å². The number of benzene rings is 2. The SMILES string of the molecule is CC(C)(C)C(=O)NCCc1cc2nc(/C=C/c3ccccc3)oc2cc1O. The van der Waals surface area contributed by atoms with Gasteiger partial charge in [-0.3, -0.25) is 4.79 Å². The van der Waals surface area contributed by atoms with Crippen molar-refractivity contribution in [2.75, 3.05) is 6.54 Å². The van der Waals surface area contributed by atoms with E-state index in [1.165, 1.54) is 0 Å². The van der Waals surface area contributed by atoms with Crippen LogP contribution in [0.3, 0.4) is 0 Å². The summed E-state index contributed by atoms with van der Waals surface area (Å²) < 4.78 is 5.69. The van der Waals surface area contributed by atoms with Gasteiger partial charge in [-0.05, 0) is 29.7 Å². The van der Waals surface area contributed by atoms with Crippen molar-refractivity contribution in [3.05, 3.63) is 59.5 Å². The van der Waals surface area contributed by atoms with Gasteiger partial charge < -0.3 is 14.8 Å². The quantitative estimate of drug-likeness (QED) is 0.703. The standard InChI is InChI=1S/C22H24N2O3/c1-22(2,3)21(26)23-12-11-16-13-17-19(14-18(16)25)27-20(24-17)10-9-15-7-5-4-6-8-15/h4-10,13-14,25H,11-12H2,1-3H3,(H,23,26)/b10-9+. The minimum Gasteiger partial charge on any atom is -0.508 e. The molecule has 2 N–H and O–H groups in total. The third-order valence-corrected chi connectivity index (χ3v) is 4.18. The molecule has 5 heteroatoms. The lowest BCUT2D eigenvalue weighted by molar-refractivity contribution is -0.128. The van der Waals surface area contributed by atoms with Gasteiger partial charge in [0.05, 0.1) is 0 Å². The van der Waals surface area contributed by atoms with E-state index < -0.39 is 5.41 Å². The van der Waals surface area contributed by atoms with Crippen LogP contribution in [0.1, 0.15) is 37.8 Å². The number of carbonyl (C=O) groups is 1. The summed E-state index contributed by atoms with van der Waals surface area (Å²) in [7, 11) is 0. The Bertz CT molecular complexity index is 966. The number of rotatable bonds is 5. The molecule has 0 atom stereocenters. The predicted octanol–water partition coefficient (Wildman–Crippen LogP) is 4.41. The number of aromatic hydroxyl groups is 1. The summed E-state index contributed by atoms with van der Waals surface area (Å²) >= 11 is 0. The van der Waals surface area contributed by atoms with Crippen molar-refractivity contribution in [1.29, 1.82) is 0 Å². The van der Waals surface area contributed by atoms with E-state index in [1.54, 1.807) is 18.2 Å². The second-order valence-electron chi connectivity index (χ2n) is 7.50. The average molecular weight is 364 g/mol. The van der Waals surface area contributed by atoms with Gasteiger partial charge in [0, 0.05) is 24.1 Å². The largest absolute Gasteiger partial charge is 0.508 e. The Morgan fingerprint density at radius 1 is 1.19 bits per heavy atom. The van der Waals surface area contributed by atoms with Crippen LogP contribution in [0.5, 0.6) is 5.75 Å². The fourth-order valence-electron chi connectivity index (χ4n) is 2.60.